The van der Waals surface area contributed by atoms with Crippen LogP contribution in [-0.2, 0) is 0 Å². The van der Waals surface area contributed by atoms with Crippen molar-refractivity contribution < 1.29 is 14.3 Å². The highest BCUT2D eigenvalue weighted by Crippen LogP contribution is 2.35. The van der Waals surface area contributed by atoms with Gasteiger partial charge in [-0.25, -0.2) is 4.79 Å². The Bertz CT molecular complexity index is 826. The molecule has 6 heteroatoms. The normalized spacial score (nSPS) is 15.4. The molecular formula is C23H31N3O3. The summed E-state index contributed by atoms with van der Waals surface area (Å²) in [4.78, 5) is 17.2. The van der Waals surface area contributed by atoms with Crippen LogP contribution in [-0.4, -0.2) is 51.3 Å². The first-order valence-electron chi connectivity index (χ1n) is 10.1. The summed E-state index contributed by atoms with van der Waals surface area (Å²) in [7, 11) is 3.26. The fraction of sp³-hybridized carbons (Fsp3) is 0.435. The van der Waals surface area contributed by atoms with Crippen molar-refractivity contribution in [1.29, 1.82) is 0 Å². The number of rotatable bonds is 5. The third-order valence-corrected chi connectivity index (χ3v) is 5.55. The van der Waals surface area contributed by atoms with Gasteiger partial charge in [-0.2, -0.15) is 0 Å². The second-order valence-corrected chi connectivity index (χ2v) is 7.35. The fourth-order valence-corrected chi connectivity index (χ4v) is 3.94. The average molecular weight is 398 g/mol. The maximum atomic E-state index is 12.9. The quantitative estimate of drug-likeness (QED) is 0.829. The summed E-state index contributed by atoms with van der Waals surface area (Å²) < 4.78 is 10.9. The summed E-state index contributed by atoms with van der Waals surface area (Å²) in [6.45, 7) is 7.24. The second kappa shape index (κ2) is 9.54. The molecule has 1 fully saturated rings. The Morgan fingerprint density at radius 3 is 2.45 bits per heavy atom. The van der Waals surface area contributed by atoms with Crippen LogP contribution in [0.15, 0.2) is 42.5 Å². The van der Waals surface area contributed by atoms with Crippen LogP contribution >= 0.6 is 0 Å². The molecule has 2 amide bonds. The third kappa shape index (κ3) is 4.75. The molecule has 0 spiro atoms. The lowest BCUT2D eigenvalue weighted by Crippen LogP contribution is -2.43. The number of hydrogen-bond donors (Lipinski definition) is 1. The first-order chi connectivity index (χ1) is 14.0. The lowest BCUT2D eigenvalue weighted by atomic mass is 10.0. The van der Waals surface area contributed by atoms with E-state index in [1.165, 1.54) is 5.69 Å². The van der Waals surface area contributed by atoms with Gasteiger partial charge in [-0.15, -0.1) is 0 Å². The Labute approximate surface area is 173 Å². The van der Waals surface area contributed by atoms with E-state index in [1.807, 2.05) is 36.9 Å². The van der Waals surface area contributed by atoms with Gasteiger partial charge in [0.15, 0.2) is 11.5 Å². The van der Waals surface area contributed by atoms with E-state index in [1.54, 1.807) is 14.2 Å². The van der Waals surface area contributed by atoms with Crippen LogP contribution in [0.4, 0.5) is 10.5 Å². The zero-order chi connectivity index (χ0) is 20.8. The van der Waals surface area contributed by atoms with Crippen molar-refractivity contribution in [3.8, 4) is 11.5 Å². The van der Waals surface area contributed by atoms with E-state index in [0.29, 0.717) is 18.0 Å². The number of urea groups is 1. The number of para-hydroxylation sites is 1. The Morgan fingerprint density at radius 2 is 1.76 bits per heavy atom. The van der Waals surface area contributed by atoms with E-state index in [9.17, 15) is 4.79 Å². The van der Waals surface area contributed by atoms with Gasteiger partial charge >= 0.3 is 6.03 Å². The standard InChI is InChI=1S/C23H31N3O3/c1-17-20(11-12-21(28-3)22(17)29-4)18(2)24-23(27)26-14-8-13-25(15-16-26)19-9-6-5-7-10-19/h5-7,9-12,18H,8,13-16H2,1-4H3,(H,24,27). The minimum absolute atomic E-state index is 0.0263. The molecule has 1 unspecified atom stereocenters. The van der Waals surface area contributed by atoms with Gasteiger partial charge in [0.1, 0.15) is 0 Å². The second-order valence-electron chi connectivity index (χ2n) is 7.35. The summed E-state index contributed by atoms with van der Waals surface area (Å²) in [6.07, 6.45) is 0.950. The van der Waals surface area contributed by atoms with Crippen LogP contribution in [0.2, 0.25) is 0 Å². The van der Waals surface area contributed by atoms with Gasteiger partial charge in [0, 0.05) is 37.4 Å². The van der Waals surface area contributed by atoms with E-state index in [0.717, 1.165) is 37.2 Å². The molecule has 2 aromatic carbocycles. The smallest absolute Gasteiger partial charge is 0.317 e. The number of carbonyl (C=O) groups excluding carboxylic acids is 1. The molecule has 0 aliphatic carbocycles. The van der Waals surface area contributed by atoms with E-state index < -0.39 is 0 Å². The molecule has 156 valence electrons. The molecule has 0 saturated carbocycles. The van der Waals surface area contributed by atoms with Crippen molar-refractivity contribution >= 4 is 11.7 Å². The van der Waals surface area contributed by atoms with Crippen LogP contribution in [0.25, 0.3) is 0 Å². The third-order valence-electron chi connectivity index (χ3n) is 5.55. The molecular weight excluding hydrogens is 366 g/mol. The number of nitrogens with zero attached hydrogens (tertiary/aromatic N) is 2. The first kappa shape index (κ1) is 20.8. The minimum atomic E-state index is -0.129. The number of methoxy groups -OCH3 is 2. The number of carbonyl (C=O) groups is 1. The molecule has 1 atom stereocenters. The van der Waals surface area contributed by atoms with Crippen molar-refractivity contribution in [2.24, 2.45) is 0 Å². The predicted molar refractivity (Wildman–Crippen MR) is 116 cm³/mol. The Kier molecular flexibility index (Phi) is 6.86. The van der Waals surface area contributed by atoms with Gasteiger partial charge in [0.2, 0.25) is 0 Å². The molecule has 0 bridgehead atoms. The van der Waals surface area contributed by atoms with Crippen molar-refractivity contribution in [2.75, 3.05) is 45.3 Å². The maximum Gasteiger partial charge on any atom is 0.317 e. The van der Waals surface area contributed by atoms with E-state index in [-0.39, 0.29) is 12.1 Å². The molecule has 1 N–H and O–H groups in total. The highest BCUT2D eigenvalue weighted by atomic mass is 16.5. The Morgan fingerprint density at radius 1 is 1.00 bits per heavy atom. The van der Waals surface area contributed by atoms with Crippen molar-refractivity contribution in [3.63, 3.8) is 0 Å². The SMILES string of the molecule is COc1ccc(C(C)NC(=O)N2CCCN(c3ccccc3)CC2)c(C)c1OC. The lowest BCUT2D eigenvalue weighted by Gasteiger charge is -2.26. The lowest BCUT2D eigenvalue weighted by molar-refractivity contribution is 0.198. The zero-order valence-corrected chi connectivity index (χ0v) is 17.8. The van der Waals surface area contributed by atoms with Crippen LogP contribution in [0.5, 0.6) is 11.5 Å². The number of benzene rings is 2. The molecule has 6 nitrogen and oxygen atoms in total. The van der Waals surface area contributed by atoms with E-state index >= 15 is 0 Å². The zero-order valence-electron chi connectivity index (χ0n) is 17.8. The van der Waals surface area contributed by atoms with Crippen molar-refractivity contribution in [3.05, 3.63) is 53.6 Å². The molecule has 0 aromatic heterocycles. The van der Waals surface area contributed by atoms with Gasteiger partial charge in [0.25, 0.3) is 0 Å². The molecule has 2 aromatic rings. The summed E-state index contributed by atoms with van der Waals surface area (Å²) >= 11 is 0. The van der Waals surface area contributed by atoms with Gasteiger partial charge in [-0.1, -0.05) is 24.3 Å². The predicted octanol–water partition coefficient (Wildman–Crippen LogP) is 4.00. The number of nitrogens with one attached hydrogen (secondary N) is 1. The largest absolute Gasteiger partial charge is 0.493 e. The number of amides is 2. The first-order valence-corrected chi connectivity index (χ1v) is 10.1. The molecule has 0 radical (unpaired) electrons. The average Bonchev–Trinajstić information content (AvgIpc) is 3.00. The van der Waals surface area contributed by atoms with Gasteiger partial charge < -0.3 is 24.6 Å². The molecule has 1 heterocycles. The highest BCUT2D eigenvalue weighted by Gasteiger charge is 2.22. The van der Waals surface area contributed by atoms with Gasteiger partial charge in [-0.3, -0.25) is 0 Å². The minimum Gasteiger partial charge on any atom is -0.493 e. The van der Waals surface area contributed by atoms with Crippen molar-refractivity contribution in [1.82, 2.24) is 10.2 Å². The van der Waals surface area contributed by atoms with Crippen LogP contribution < -0.4 is 19.7 Å². The van der Waals surface area contributed by atoms with E-state index in [2.05, 4.69) is 34.5 Å². The summed E-state index contributed by atoms with van der Waals surface area (Å²) in [5.41, 5.74) is 3.21. The highest BCUT2D eigenvalue weighted by molar-refractivity contribution is 5.75. The molecule has 1 saturated heterocycles. The fourth-order valence-electron chi connectivity index (χ4n) is 3.94. The van der Waals surface area contributed by atoms with E-state index in [4.69, 9.17) is 9.47 Å². The Hall–Kier alpha value is -2.89. The number of anilines is 1. The van der Waals surface area contributed by atoms with Crippen molar-refractivity contribution in [2.45, 2.75) is 26.3 Å². The molecule has 1 aliphatic rings. The monoisotopic (exact) mass is 397 g/mol. The van der Waals surface area contributed by atoms with Gasteiger partial charge in [0.05, 0.1) is 20.3 Å². The summed E-state index contributed by atoms with van der Waals surface area (Å²) in [6, 6.07) is 14.1. The molecule has 3 rings (SSSR count). The molecule has 1 aliphatic heterocycles. The molecule has 29 heavy (non-hydrogen) atoms. The number of ether oxygens (including phenoxy) is 2. The van der Waals surface area contributed by atoms with Gasteiger partial charge in [-0.05, 0) is 44.0 Å². The van der Waals surface area contributed by atoms with Crippen LogP contribution in [0, 0.1) is 6.92 Å². The summed E-state index contributed by atoms with van der Waals surface area (Å²) in [5, 5.41) is 3.15. The topological polar surface area (TPSA) is 54.0 Å². The summed E-state index contributed by atoms with van der Waals surface area (Å²) in [5.74, 6) is 1.40. The maximum absolute atomic E-state index is 12.9. The number of hydrogen-bond acceptors (Lipinski definition) is 4. The Balaban J connectivity index is 1.64. The van der Waals surface area contributed by atoms with Crippen LogP contribution in [0.3, 0.4) is 0 Å². The van der Waals surface area contributed by atoms with Crippen LogP contribution in [0.1, 0.15) is 30.5 Å².